The van der Waals surface area contributed by atoms with Crippen molar-refractivity contribution in [2.45, 2.75) is 40.7 Å². The normalized spacial score (nSPS) is 12.6. The van der Waals surface area contributed by atoms with Crippen molar-refractivity contribution in [3.05, 3.63) is 67.2 Å². The highest BCUT2D eigenvalue weighted by atomic mass is 35.5. The van der Waals surface area contributed by atoms with Crippen LogP contribution in [0.25, 0.3) is 0 Å². The average Bonchev–Trinajstić information content (AvgIpc) is 2.46. The van der Waals surface area contributed by atoms with Crippen molar-refractivity contribution < 1.29 is 0 Å². The zero-order valence-corrected chi connectivity index (χ0v) is 14.7. The summed E-state index contributed by atoms with van der Waals surface area (Å²) in [5.74, 6) is 0. The SMILES string of the molecule is Cc1c(C)c(C)c(C(N)c2cccc(Cl)c2Cl)c(C)c1C. The predicted molar refractivity (Wildman–Crippen MR) is 92.6 cm³/mol. The van der Waals surface area contributed by atoms with Crippen molar-refractivity contribution in [2.75, 3.05) is 0 Å². The molecule has 2 rings (SSSR count). The van der Waals surface area contributed by atoms with E-state index in [0.717, 1.165) is 11.1 Å². The van der Waals surface area contributed by atoms with Gasteiger partial charge in [-0.25, -0.2) is 0 Å². The van der Waals surface area contributed by atoms with E-state index in [1.54, 1.807) is 6.07 Å². The Balaban J connectivity index is 2.70. The highest BCUT2D eigenvalue weighted by Crippen LogP contribution is 2.36. The van der Waals surface area contributed by atoms with E-state index < -0.39 is 0 Å². The number of rotatable bonds is 2. The quantitative estimate of drug-likeness (QED) is 0.767. The van der Waals surface area contributed by atoms with Crippen LogP contribution in [0.3, 0.4) is 0 Å². The number of hydrogen-bond acceptors (Lipinski definition) is 1. The summed E-state index contributed by atoms with van der Waals surface area (Å²) in [6.07, 6.45) is 0. The maximum Gasteiger partial charge on any atom is 0.0643 e. The summed E-state index contributed by atoms with van der Waals surface area (Å²) in [6, 6.07) is 5.35. The second-order valence-electron chi connectivity index (χ2n) is 5.66. The van der Waals surface area contributed by atoms with Crippen LogP contribution >= 0.6 is 23.2 Å². The average molecular weight is 322 g/mol. The molecule has 112 valence electrons. The van der Waals surface area contributed by atoms with E-state index in [1.165, 1.54) is 27.8 Å². The van der Waals surface area contributed by atoms with E-state index >= 15 is 0 Å². The summed E-state index contributed by atoms with van der Waals surface area (Å²) in [6.45, 7) is 10.7. The molecule has 2 aromatic rings. The molecule has 2 N–H and O–H groups in total. The van der Waals surface area contributed by atoms with Gasteiger partial charge in [0.25, 0.3) is 0 Å². The minimum absolute atomic E-state index is 0.269. The number of nitrogens with two attached hydrogens (primary N) is 1. The topological polar surface area (TPSA) is 26.0 Å². The fourth-order valence-electron chi connectivity index (χ4n) is 2.91. The van der Waals surface area contributed by atoms with Gasteiger partial charge in [-0.05, 0) is 79.6 Å². The van der Waals surface area contributed by atoms with Gasteiger partial charge >= 0.3 is 0 Å². The third kappa shape index (κ3) is 2.70. The Morgan fingerprint density at radius 3 is 1.81 bits per heavy atom. The Bertz CT molecular complexity index is 676. The predicted octanol–water partition coefficient (Wildman–Crippen LogP) is 5.58. The number of halogens is 2. The van der Waals surface area contributed by atoms with Gasteiger partial charge < -0.3 is 5.73 Å². The van der Waals surface area contributed by atoms with E-state index in [9.17, 15) is 0 Å². The Hall–Kier alpha value is -1.02. The summed E-state index contributed by atoms with van der Waals surface area (Å²) in [7, 11) is 0. The standard InChI is InChI=1S/C18H21Cl2N/c1-9-10(2)12(4)16(13(5)11(9)3)18(21)14-7-6-8-15(19)17(14)20/h6-8,18H,21H2,1-5H3. The molecule has 0 aliphatic heterocycles. The molecule has 21 heavy (non-hydrogen) atoms. The zero-order chi connectivity index (χ0) is 15.9. The lowest BCUT2D eigenvalue weighted by atomic mass is 9.84. The zero-order valence-electron chi connectivity index (χ0n) is 13.1. The van der Waals surface area contributed by atoms with Crippen LogP contribution in [0, 0.1) is 34.6 Å². The van der Waals surface area contributed by atoms with Gasteiger partial charge in [-0.15, -0.1) is 0 Å². The smallest absolute Gasteiger partial charge is 0.0643 e. The second kappa shape index (κ2) is 6.00. The molecule has 0 amide bonds. The van der Waals surface area contributed by atoms with Crippen LogP contribution in [0.5, 0.6) is 0 Å². The van der Waals surface area contributed by atoms with Crippen LogP contribution in [0.2, 0.25) is 10.0 Å². The Kier molecular flexibility index (Phi) is 4.67. The van der Waals surface area contributed by atoms with Crippen molar-refractivity contribution in [1.82, 2.24) is 0 Å². The molecule has 0 saturated heterocycles. The molecule has 0 radical (unpaired) electrons. The van der Waals surface area contributed by atoms with Crippen molar-refractivity contribution in [2.24, 2.45) is 5.73 Å². The van der Waals surface area contributed by atoms with Gasteiger partial charge in [-0.1, -0.05) is 35.3 Å². The molecule has 0 saturated carbocycles. The van der Waals surface area contributed by atoms with E-state index in [0.29, 0.717) is 10.0 Å². The molecule has 0 aliphatic carbocycles. The molecule has 1 unspecified atom stereocenters. The largest absolute Gasteiger partial charge is 0.320 e. The molecule has 0 fully saturated rings. The van der Waals surface area contributed by atoms with Crippen molar-refractivity contribution in [3.8, 4) is 0 Å². The molecule has 2 aromatic carbocycles. The lowest BCUT2D eigenvalue weighted by Crippen LogP contribution is -2.17. The van der Waals surface area contributed by atoms with Gasteiger partial charge in [0, 0.05) is 0 Å². The summed E-state index contributed by atoms with van der Waals surface area (Å²) >= 11 is 12.5. The van der Waals surface area contributed by atoms with Crippen LogP contribution in [0.4, 0.5) is 0 Å². The summed E-state index contributed by atoms with van der Waals surface area (Å²) in [4.78, 5) is 0. The Morgan fingerprint density at radius 2 is 1.29 bits per heavy atom. The molecule has 0 bridgehead atoms. The number of benzene rings is 2. The third-order valence-electron chi connectivity index (χ3n) is 4.69. The molecule has 1 nitrogen and oxygen atoms in total. The minimum atomic E-state index is -0.269. The molecule has 0 spiro atoms. The molecule has 0 aromatic heterocycles. The first kappa shape index (κ1) is 16.4. The molecular weight excluding hydrogens is 301 g/mol. The first-order chi connectivity index (χ1) is 9.77. The highest BCUT2D eigenvalue weighted by Gasteiger charge is 2.21. The fourth-order valence-corrected chi connectivity index (χ4v) is 3.34. The first-order valence-electron chi connectivity index (χ1n) is 7.03. The summed E-state index contributed by atoms with van der Waals surface area (Å²) in [5, 5.41) is 1.09. The summed E-state index contributed by atoms with van der Waals surface area (Å²) in [5.41, 5.74) is 14.9. The minimum Gasteiger partial charge on any atom is -0.320 e. The van der Waals surface area contributed by atoms with Gasteiger partial charge in [-0.2, -0.15) is 0 Å². The van der Waals surface area contributed by atoms with Crippen molar-refractivity contribution >= 4 is 23.2 Å². The third-order valence-corrected chi connectivity index (χ3v) is 5.52. The van der Waals surface area contributed by atoms with Gasteiger partial charge in [0.15, 0.2) is 0 Å². The lowest BCUT2D eigenvalue weighted by molar-refractivity contribution is 0.843. The fraction of sp³-hybridized carbons (Fsp3) is 0.333. The summed E-state index contributed by atoms with van der Waals surface area (Å²) < 4.78 is 0. The van der Waals surface area contributed by atoms with Gasteiger partial charge in [0.05, 0.1) is 16.1 Å². The van der Waals surface area contributed by atoms with Crippen molar-refractivity contribution in [1.29, 1.82) is 0 Å². The van der Waals surface area contributed by atoms with Crippen LogP contribution in [-0.2, 0) is 0 Å². The van der Waals surface area contributed by atoms with Crippen molar-refractivity contribution in [3.63, 3.8) is 0 Å². The van der Waals surface area contributed by atoms with E-state index in [1.807, 2.05) is 12.1 Å². The first-order valence-corrected chi connectivity index (χ1v) is 7.79. The molecular formula is C18H21Cl2N. The van der Waals surface area contributed by atoms with E-state index in [-0.39, 0.29) is 6.04 Å². The van der Waals surface area contributed by atoms with Gasteiger partial charge in [0.2, 0.25) is 0 Å². The molecule has 0 aliphatic rings. The maximum atomic E-state index is 6.53. The Labute approximate surface area is 137 Å². The lowest BCUT2D eigenvalue weighted by Gasteiger charge is -2.24. The monoisotopic (exact) mass is 321 g/mol. The highest BCUT2D eigenvalue weighted by molar-refractivity contribution is 6.42. The Morgan fingerprint density at radius 1 is 0.810 bits per heavy atom. The maximum absolute atomic E-state index is 6.53. The molecule has 0 heterocycles. The molecule has 3 heteroatoms. The number of hydrogen-bond donors (Lipinski definition) is 1. The van der Waals surface area contributed by atoms with Crippen LogP contribution < -0.4 is 5.73 Å². The van der Waals surface area contributed by atoms with Gasteiger partial charge in [-0.3, -0.25) is 0 Å². The van der Waals surface area contributed by atoms with Crippen LogP contribution in [0.1, 0.15) is 45.0 Å². The molecule has 1 atom stereocenters. The van der Waals surface area contributed by atoms with E-state index in [2.05, 4.69) is 34.6 Å². The second-order valence-corrected chi connectivity index (χ2v) is 6.44. The van der Waals surface area contributed by atoms with Crippen LogP contribution in [-0.4, -0.2) is 0 Å². The van der Waals surface area contributed by atoms with Gasteiger partial charge in [0.1, 0.15) is 0 Å². The van der Waals surface area contributed by atoms with E-state index in [4.69, 9.17) is 28.9 Å². The van der Waals surface area contributed by atoms with Crippen LogP contribution in [0.15, 0.2) is 18.2 Å².